The van der Waals surface area contributed by atoms with Crippen LogP contribution < -0.4 is 0 Å². The number of rotatable bonds is 5. The van der Waals surface area contributed by atoms with E-state index in [9.17, 15) is 8.42 Å². The Labute approximate surface area is 145 Å². The molecule has 1 unspecified atom stereocenters. The molecule has 2 aliphatic rings. The molecule has 2 aliphatic heterocycles. The summed E-state index contributed by atoms with van der Waals surface area (Å²) in [6.45, 7) is 4.19. The first-order chi connectivity index (χ1) is 11.4. The molecule has 5 nitrogen and oxygen atoms in total. The van der Waals surface area contributed by atoms with Crippen LogP contribution in [0.3, 0.4) is 0 Å². The zero-order valence-electron chi connectivity index (χ0n) is 14.6. The van der Waals surface area contributed by atoms with Crippen LogP contribution in [0, 0.1) is 5.41 Å². The minimum Gasteiger partial charge on any atom is -0.383 e. The third-order valence-corrected chi connectivity index (χ3v) is 6.80. The molecule has 0 amide bonds. The average molecular weight is 353 g/mol. The Morgan fingerprint density at radius 1 is 1.21 bits per heavy atom. The monoisotopic (exact) mass is 352 g/mol. The van der Waals surface area contributed by atoms with E-state index in [0.717, 1.165) is 38.9 Å². The predicted molar refractivity (Wildman–Crippen MR) is 95.2 cm³/mol. The zero-order chi connectivity index (χ0) is 17.2. The quantitative estimate of drug-likeness (QED) is 0.813. The van der Waals surface area contributed by atoms with Gasteiger partial charge >= 0.3 is 0 Å². The normalized spacial score (nSPS) is 25.3. The lowest BCUT2D eigenvalue weighted by atomic mass is 9.76. The number of nitrogens with zero attached hydrogens (tertiary/aromatic N) is 2. The second-order valence-corrected chi connectivity index (χ2v) is 9.32. The summed E-state index contributed by atoms with van der Waals surface area (Å²) < 4.78 is 31.2. The molecule has 3 rings (SSSR count). The Balaban J connectivity index is 1.62. The van der Waals surface area contributed by atoms with Gasteiger partial charge in [-0.05, 0) is 43.3 Å². The molecular weight excluding hydrogens is 324 g/mol. The maximum absolute atomic E-state index is 12.1. The van der Waals surface area contributed by atoms with Crippen LogP contribution >= 0.6 is 0 Å². The Morgan fingerprint density at radius 2 is 1.88 bits per heavy atom. The summed E-state index contributed by atoms with van der Waals surface area (Å²) in [4.78, 5) is 2.48. The van der Waals surface area contributed by atoms with E-state index in [1.165, 1.54) is 11.8 Å². The van der Waals surface area contributed by atoms with Crippen molar-refractivity contribution in [3.05, 3.63) is 35.9 Å². The molecule has 0 N–H and O–H groups in total. The van der Waals surface area contributed by atoms with E-state index in [-0.39, 0.29) is 11.5 Å². The number of hydrogen-bond acceptors (Lipinski definition) is 4. The second-order valence-electron chi connectivity index (χ2n) is 7.38. The van der Waals surface area contributed by atoms with Gasteiger partial charge in [-0.2, -0.15) is 4.31 Å². The highest BCUT2D eigenvalue weighted by molar-refractivity contribution is 7.88. The zero-order valence-corrected chi connectivity index (χ0v) is 15.5. The topological polar surface area (TPSA) is 49.9 Å². The number of piperidine rings is 1. The fraction of sp³-hybridized carbons (Fsp3) is 0.667. The molecule has 2 heterocycles. The third-order valence-electron chi connectivity index (χ3n) is 5.52. The lowest BCUT2D eigenvalue weighted by molar-refractivity contribution is 0.105. The number of methoxy groups -OCH3 is 1. The van der Waals surface area contributed by atoms with Gasteiger partial charge in [-0.15, -0.1) is 0 Å². The van der Waals surface area contributed by atoms with Gasteiger partial charge in [0.15, 0.2) is 0 Å². The van der Waals surface area contributed by atoms with E-state index < -0.39 is 10.0 Å². The smallest absolute Gasteiger partial charge is 0.211 e. The van der Waals surface area contributed by atoms with Gasteiger partial charge in [-0.25, -0.2) is 8.42 Å². The highest BCUT2D eigenvalue weighted by Gasteiger charge is 2.48. The van der Waals surface area contributed by atoms with E-state index >= 15 is 0 Å². The van der Waals surface area contributed by atoms with Gasteiger partial charge in [-0.3, -0.25) is 4.90 Å². The van der Waals surface area contributed by atoms with Crippen LogP contribution in [0.5, 0.6) is 0 Å². The molecule has 2 fully saturated rings. The largest absolute Gasteiger partial charge is 0.383 e. The number of likely N-dealkylation sites (tertiary alicyclic amines) is 1. The summed E-state index contributed by atoms with van der Waals surface area (Å²) >= 11 is 0. The van der Waals surface area contributed by atoms with Crippen LogP contribution in [0.15, 0.2) is 30.3 Å². The summed E-state index contributed by atoms with van der Waals surface area (Å²) in [5, 5.41) is 0. The van der Waals surface area contributed by atoms with Crippen molar-refractivity contribution in [2.75, 3.05) is 39.6 Å². The summed E-state index contributed by atoms with van der Waals surface area (Å²) in [6.07, 6.45) is 4.37. The van der Waals surface area contributed by atoms with Gasteiger partial charge in [0.05, 0.1) is 12.9 Å². The van der Waals surface area contributed by atoms with Crippen LogP contribution in [-0.4, -0.2) is 63.3 Å². The summed E-state index contributed by atoms with van der Waals surface area (Å²) in [5.41, 5.74) is 1.47. The summed E-state index contributed by atoms with van der Waals surface area (Å²) in [7, 11) is -1.52. The van der Waals surface area contributed by atoms with Crippen molar-refractivity contribution in [3.63, 3.8) is 0 Å². The van der Waals surface area contributed by atoms with Gasteiger partial charge in [0.1, 0.15) is 0 Å². The van der Waals surface area contributed by atoms with Crippen molar-refractivity contribution in [1.82, 2.24) is 9.21 Å². The molecule has 6 heteroatoms. The molecule has 24 heavy (non-hydrogen) atoms. The Bertz CT molecular complexity index is 639. The molecule has 0 saturated carbocycles. The summed E-state index contributed by atoms with van der Waals surface area (Å²) in [5.74, 6) is 0. The molecular formula is C18H28N2O3S. The first kappa shape index (κ1) is 17.9. The number of benzene rings is 1. The van der Waals surface area contributed by atoms with Crippen molar-refractivity contribution < 1.29 is 13.2 Å². The van der Waals surface area contributed by atoms with Crippen LogP contribution in [0.4, 0.5) is 0 Å². The predicted octanol–water partition coefficient (Wildman–Crippen LogP) is 1.95. The number of hydrogen-bond donors (Lipinski definition) is 0. The van der Waals surface area contributed by atoms with E-state index in [4.69, 9.17) is 4.74 Å². The van der Waals surface area contributed by atoms with Gasteiger partial charge < -0.3 is 4.74 Å². The third kappa shape index (κ3) is 3.99. The molecule has 0 radical (unpaired) electrons. The molecule has 0 bridgehead atoms. The van der Waals surface area contributed by atoms with E-state index in [1.54, 1.807) is 11.4 Å². The molecule has 2 saturated heterocycles. The molecule has 1 spiro atoms. The first-order valence-corrected chi connectivity index (χ1v) is 10.5. The fourth-order valence-corrected chi connectivity index (χ4v) is 5.42. The minimum atomic E-state index is -3.17. The molecule has 1 aromatic rings. The SMILES string of the molecule is COCC1CC2(CCN(Cc3ccccc3)CC2)CN1S(C)(=O)=O. The van der Waals surface area contributed by atoms with Crippen LogP contribution in [0.25, 0.3) is 0 Å². The van der Waals surface area contributed by atoms with E-state index in [1.807, 2.05) is 6.07 Å². The molecule has 1 aromatic carbocycles. The maximum atomic E-state index is 12.1. The molecule has 0 aliphatic carbocycles. The molecule has 0 aromatic heterocycles. The van der Waals surface area contributed by atoms with Gasteiger partial charge in [-0.1, -0.05) is 30.3 Å². The Kier molecular flexibility index (Phi) is 5.30. The fourth-order valence-electron chi connectivity index (χ4n) is 4.24. The standard InChI is InChI=1S/C18H28N2O3S/c1-23-14-17-12-18(15-20(17)24(2,21)22)8-10-19(11-9-18)13-16-6-4-3-5-7-16/h3-7,17H,8-15H2,1-2H3. The van der Waals surface area contributed by atoms with Gasteiger partial charge in [0.25, 0.3) is 0 Å². The second kappa shape index (κ2) is 7.12. The van der Waals surface area contributed by atoms with Crippen LogP contribution in [0.1, 0.15) is 24.8 Å². The Morgan fingerprint density at radius 3 is 2.46 bits per heavy atom. The molecule has 134 valence electrons. The van der Waals surface area contributed by atoms with Crippen molar-refractivity contribution in [1.29, 1.82) is 0 Å². The van der Waals surface area contributed by atoms with E-state index in [2.05, 4.69) is 29.2 Å². The number of ether oxygens (including phenoxy) is 1. The highest BCUT2D eigenvalue weighted by atomic mass is 32.2. The molecule has 1 atom stereocenters. The van der Waals surface area contributed by atoms with Crippen LogP contribution in [-0.2, 0) is 21.3 Å². The van der Waals surface area contributed by atoms with E-state index in [0.29, 0.717) is 13.2 Å². The average Bonchev–Trinajstić information content (AvgIpc) is 2.90. The lowest BCUT2D eigenvalue weighted by Crippen LogP contribution is -2.42. The Hall–Kier alpha value is -0.950. The van der Waals surface area contributed by atoms with Crippen molar-refractivity contribution in [3.8, 4) is 0 Å². The van der Waals surface area contributed by atoms with Crippen LogP contribution in [0.2, 0.25) is 0 Å². The highest BCUT2D eigenvalue weighted by Crippen LogP contribution is 2.44. The van der Waals surface area contributed by atoms with Crippen molar-refractivity contribution in [2.45, 2.75) is 31.8 Å². The van der Waals surface area contributed by atoms with Gasteiger partial charge in [0, 0.05) is 26.2 Å². The maximum Gasteiger partial charge on any atom is 0.211 e. The summed E-state index contributed by atoms with van der Waals surface area (Å²) in [6, 6.07) is 10.5. The number of sulfonamides is 1. The van der Waals surface area contributed by atoms with Crippen molar-refractivity contribution in [2.24, 2.45) is 5.41 Å². The first-order valence-electron chi connectivity index (χ1n) is 8.64. The van der Waals surface area contributed by atoms with Gasteiger partial charge in [0.2, 0.25) is 10.0 Å². The minimum absolute atomic E-state index is 0.00864. The lowest BCUT2D eigenvalue weighted by Gasteiger charge is -2.39. The van der Waals surface area contributed by atoms with Crippen molar-refractivity contribution >= 4 is 10.0 Å².